The molecule has 0 saturated carbocycles. The third kappa shape index (κ3) is 3.48. The summed E-state index contributed by atoms with van der Waals surface area (Å²) in [6, 6.07) is 3.94. The van der Waals surface area contributed by atoms with Crippen LogP contribution in [0.1, 0.15) is 40.2 Å². The monoisotopic (exact) mass is 427 g/mol. The van der Waals surface area contributed by atoms with E-state index in [9.17, 15) is 17.6 Å². The van der Waals surface area contributed by atoms with E-state index >= 15 is 0 Å². The summed E-state index contributed by atoms with van der Waals surface area (Å²) < 4.78 is 50.8. The molecule has 10 heteroatoms. The van der Waals surface area contributed by atoms with Crippen molar-refractivity contribution in [2.45, 2.75) is 55.8 Å². The first-order valence-electron chi connectivity index (χ1n) is 9.18. The summed E-state index contributed by atoms with van der Waals surface area (Å²) in [7, 11) is -3.95. The normalized spacial score (nSPS) is 29.2. The molecule has 2 saturated heterocycles. The number of halogens is 1. The van der Waals surface area contributed by atoms with Gasteiger partial charge in [0.25, 0.3) is 0 Å². The van der Waals surface area contributed by atoms with Crippen molar-refractivity contribution in [3.05, 3.63) is 29.6 Å². The fraction of sp³-hybridized carbons (Fsp3) is 0.579. The van der Waals surface area contributed by atoms with Gasteiger partial charge in [-0.25, -0.2) is 17.6 Å². The maximum absolute atomic E-state index is 14.8. The van der Waals surface area contributed by atoms with Gasteiger partial charge in [-0.1, -0.05) is 0 Å². The number of nitrogens with two attached hydrogens (primary N) is 1. The van der Waals surface area contributed by atoms with Crippen molar-refractivity contribution >= 4 is 27.5 Å². The van der Waals surface area contributed by atoms with Gasteiger partial charge >= 0.3 is 6.09 Å². The first-order chi connectivity index (χ1) is 13.2. The molecule has 3 rings (SSSR count). The Bertz CT molecular complexity index is 984. The van der Waals surface area contributed by atoms with Gasteiger partial charge in [0.1, 0.15) is 32.8 Å². The second kappa shape index (κ2) is 6.66. The lowest BCUT2D eigenvalue weighted by Crippen LogP contribution is -2.70. The van der Waals surface area contributed by atoms with Gasteiger partial charge in [-0.2, -0.15) is 4.99 Å². The Kier molecular flexibility index (Phi) is 4.94. The van der Waals surface area contributed by atoms with Crippen molar-refractivity contribution in [3.63, 3.8) is 0 Å². The van der Waals surface area contributed by atoms with Crippen molar-refractivity contribution in [2.75, 3.05) is 18.9 Å². The maximum atomic E-state index is 14.8. The second-order valence-electron chi connectivity index (χ2n) is 8.84. The van der Waals surface area contributed by atoms with Crippen molar-refractivity contribution in [3.8, 4) is 0 Å². The molecule has 8 nitrogen and oxygen atoms in total. The summed E-state index contributed by atoms with van der Waals surface area (Å²) in [6.45, 7) is 7.66. The molecule has 0 aromatic heterocycles. The smallest absolute Gasteiger partial charge is 0.435 e. The van der Waals surface area contributed by atoms with E-state index in [2.05, 4.69) is 10.3 Å². The number of carbonyl (C=O) groups excluding carboxylic acids is 1. The Labute approximate surface area is 169 Å². The molecule has 160 valence electrons. The van der Waals surface area contributed by atoms with E-state index in [0.717, 1.165) is 0 Å². The first kappa shape index (κ1) is 21.5. The van der Waals surface area contributed by atoms with Crippen LogP contribution < -0.4 is 11.1 Å². The Hall–Kier alpha value is -2.20. The Morgan fingerprint density at radius 1 is 1.38 bits per heavy atom. The molecule has 2 aliphatic heterocycles. The number of hydrogen-bond donors (Lipinski definition) is 2. The Balaban J connectivity index is 2.18. The summed E-state index contributed by atoms with van der Waals surface area (Å²) in [4.78, 5) is 16.2. The Morgan fingerprint density at radius 3 is 2.66 bits per heavy atom. The minimum atomic E-state index is -3.95. The van der Waals surface area contributed by atoms with Gasteiger partial charge in [0.05, 0.1) is 13.2 Å². The number of fused-ring (bicyclic) bond motifs is 1. The van der Waals surface area contributed by atoms with Crippen molar-refractivity contribution in [1.29, 1.82) is 0 Å². The van der Waals surface area contributed by atoms with Gasteiger partial charge in [0.15, 0.2) is 9.84 Å². The minimum absolute atomic E-state index is 0.0518. The lowest BCUT2D eigenvalue weighted by atomic mass is 9.86. The SMILES string of the molecule is CC(C)(C)OC(=O)/N=C1/N[C@@]2(c3cc(N)ccc3F)COC[C@H]2S(=O)(=O)C1(C)C. The van der Waals surface area contributed by atoms with E-state index in [1.807, 2.05) is 0 Å². The number of anilines is 1. The van der Waals surface area contributed by atoms with Gasteiger partial charge in [-0.3, -0.25) is 0 Å². The van der Waals surface area contributed by atoms with Crippen LogP contribution in [0.5, 0.6) is 0 Å². The molecular weight excluding hydrogens is 401 g/mol. The van der Waals surface area contributed by atoms with Gasteiger partial charge in [-0.15, -0.1) is 0 Å². The molecular formula is C19H26FN3O5S. The topological polar surface area (TPSA) is 120 Å². The Morgan fingerprint density at radius 2 is 2.03 bits per heavy atom. The third-order valence-corrected chi connectivity index (χ3v) is 8.12. The number of rotatable bonds is 1. The summed E-state index contributed by atoms with van der Waals surface area (Å²) in [5, 5.41) is 1.94. The highest BCUT2D eigenvalue weighted by molar-refractivity contribution is 7.94. The maximum Gasteiger partial charge on any atom is 0.435 e. The number of carbonyl (C=O) groups is 1. The second-order valence-corrected chi connectivity index (χ2v) is 11.5. The molecule has 1 aromatic rings. The highest BCUT2D eigenvalue weighted by Gasteiger charge is 2.63. The van der Waals surface area contributed by atoms with E-state index < -0.39 is 42.9 Å². The molecule has 0 bridgehead atoms. The van der Waals surface area contributed by atoms with Gasteiger partial charge in [-0.05, 0) is 52.8 Å². The number of nitrogen functional groups attached to an aromatic ring is 1. The molecule has 2 heterocycles. The van der Waals surface area contributed by atoms with Crippen LogP contribution in [0.25, 0.3) is 0 Å². The third-order valence-electron chi connectivity index (χ3n) is 5.21. The zero-order valence-electron chi connectivity index (χ0n) is 17.1. The van der Waals surface area contributed by atoms with E-state index in [1.165, 1.54) is 32.0 Å². The zero-order chi connectivity index (χ0) is 21.8. The van der Waals surface area contributed by atoms with Crippen LogP contribution in [-0.4, -0.2) is 49.2 Å². The molecule has 2 atom stereocenters. The molecule has 0 radical (unpaired) electrons. The van der Waals surface area contributed by atoms with Crippen molar-refractivity contribution in [1.82, 2.24) is 5.32 Å². The summed E-state index contributed by atoms with van der Waals surface area (Å²) >= 11 is 0. The van der Waals surface area contributed by atoms with Crippen LogP contribution in [0.2, 0.25) is 0 Å². The number of ether oxygens (including phenoxy) is 2. The van der Waals surface area contributed by atoms with Crippen LogP contribution in [0, 0.1) is 5.82 Å². The van der Waals surface area contributed by atoms with E-state index in [1.54, 1.807) is 20.8 Å². The minimum Gasteiger partial charge on any atom is -0.442 e. The predicted molar refractivity (Wildman–Crippen MR) is 107 cm³/mol. The van der Waals surface area contributed by atoms with Crippen LogP contribution in [0.3, 0.4) is 0 Å². The number of sulfone groups is 1. The largest absolute Gasteiger partial charge is 0.442 e. The lowest BCUT2D eigenvalue weighted by Gasteiger charge is -2.46. The number of nitrogens with one attached hydrogen (secondary N) is 1. The number of hydrogen-bond acceptors (Lipinski definition) is 6. The fourth-order valence-electron chi connectivity index (χ4n) is 3.63. The van der Waals surface area contributed by atoms with Crippen molar-refractivity contribution in [2.24, 2.45) is 4.99 Å². The molecule has 0 aliphatic carbocycles. The number of aliphatic imine (C=N–C) groups is 1. The standard InChI is InChI=1S/C19H26FN3O5S/c1-17(2,3)28-16(24)22-15-18(4,5)29(25,26)14-9-27-10-19(14,23-15)12-8-11(21)6-7-13(12)20/h6-8,14H,9-10,21H2,1-5H3,(H,22,23,24)/t14-,19-/m1/s1. The number of benzene rings is 1. The van der Waals surface area contributed by atoms with Gasteiger partial charge < -0.3 is 20.5 Å². The molecule has 29 heavy (non-hydrogen) atoms. The van der Waals surface area contributed by atoms with Crippen LogP contribution in [0.15, 0.2) is 23.2 Å². The van der Waals surface area contributed by atoms with E-state index in [4.69, 9.17) is 15.2 Å². The lowest BCUT2D eigenvalue weighted by molar-refractivity contribution is 0.0602. The number of amidine groups is 1. The van der Waals surface area contributed by atoms with Crippen LogP contribution in [-0.2, 0) is 24.8 Å². The average molecular weight is 427 g/mol. The fourth-order valence-corrected chi connectivity index (χ4v) is 5.76. The summed E-state index contributed by atoms with van der Waals surface area (Å²) in [5.74, 6) is -0.760. The number of nitrogens with zero attached hydrogens (tertiary/aromatic N) is 1. The quantitative estimate of drug-likeness (QED) is 0.659. The molecule has 1 amide bonds. The van der Waals surface area contributed by atoms with E-state index in [-0.39, 0.29) is 30.3 Å². The molecule has 0 spiro atoms. The van der Waals surface area contributed by atoms with Gasteiger partial charge in [0, 0.05) is 11.3 Å². The average Bonchev–Trinajstić information content (AvgIpc) is 2.99. The molecule has 1 aromatic carbocycles. The molecule has 0 unspecified atom stereocenters. The molecule has 2 fully saturated rings. The predicted octanol–water partition coefficient (Wildman–Crippen LogP) is 2.13. The van der Waals surface area contributed by atoms with Crippen molar-refractivity contribution < 1.29 is 27.1 Å². The highest BCUT2D eigenvalue weighted by atomic mass is 32.2. The molecule has 3 N–H and O–H groups in total. The van der Waals surface area contributed by atoms with Gasteiger partial charge in [0.2, 0.25) is 0 Å². The first-order valence-corrected chi connectivity index (χ1v) is 10.7. The highest BCUT2D eigenvalue weighted by Crippen LogP contribution is 2.44. The van der Waals surface area contributed by atoms with Crippen LogP contribution >= 0.6 is 0 Å². The summed E-state index contributed by atoms with van der Waals surface area (Å²) in [6.07, 6.45) is -0.941. The zero-order valence-corrected chi connectivity index (χ0v) is 17.9. The molecule has 2 aliphatic rings. The van der Waals surface area contributed by atoms with E-state index in [0.29, 0.717) is 0 Å². The summed E-state index contributed by atoms with van der Waals surface area (Å²) in [5.41, 5.74) is 3.88. The van der Waals surface area contributed by atoms with Crippen LogP contribution in [0.4, 0.5) is 14.9 Å². The number of amides is 1.